The Morgan fingerprint density at radius 2 is 2.25 bits per heavy atom. The summed E-state index contributed by atoms with van der Waals surface area (Å²) in [6.45, 7) is 7.86. The van der Waals surface area contributed by atoms with E-state index in [9.17, 15) is 9.90 Å². The van der Waals surface area contributed by atoms with E-state index in [2.05, 4.69) is 31.8 Å². The highest BCUT2D eigenvalue weighted by Gasteiger charge is 2.47. The van der Waals surface area contributed by atoms with E-state index in [0.29, 0.717) is 11.7 Å². The molecule has 2 heteroatoms. The predicted molar refractivity (Wildman–Crippen MR) is 81.0 cm³/mol. The lowest BCUT2D eigenvalue weighted by Crippen LogP contribution is -2.36. The van der Waals surface area contributed by atoms with Gasteiger partial charge >= 0.3 is 0 Å². The molecule has 0 aliphatic heterocycles. The quantitative estimate of drug-likeness (QED) is 0.618. The Hall–Kier alpha value is -1.07. The molecule has 0 radical (unpaired) electrons. The van der Waals surface area contributed by atoms with Crippen molar-refractivity contribution in [2.75, 3.05) is 0 Å². The van der Waals surface area contributed by atoms with Crippen LogP contribution in [0.2, 0.25) is 0 Å². The van der Waals surface area contributed by atoms with Crippen molar-refractivity contribution in [2.24, 2.45) is 17.3 Å². The summed E-state index contributed by atoms with van der Waals surface area (Å²) in [5, 5.41) is 9.64. The first kappa shape index (κ1) is 15.3. The van der Waals surface area contributed by atoms with Crippen molar-refractivity contribution in [1.29, 1.82) is 0 Å². The van der Waals surface area contributed by atoms with Gasteiger partial charge in [0.05, 0.1) is 0 Å². The zero-order valence-corrected chi connectivity index (χ0v) is 13.1. The van der Waals surface area contributed by atoms with Gasteiger partial charge in [-0.25, -0.2) is 0 Å². The van der Waals surface area contributed by atoms with Gasteiger partial charge in [0.2, 0.25) is 0 Å². The van der Waals surface area contributed by atoms with E-state index in [0.717, 1.165) is 32.1 Å². The molecule has 0 bridgehead atoms. The molecular weight excluding hydrogens is 248 g/mol. The fraction of sp³-hybridized carbons (Fsp3) is 0.722. The number of carbonyl (C=O) groups is 1. The summed E-state index contributed by atoms with van der Waals surface area (Å²) >= 11 is 0. The molecule has 2 aliphatic carbocycles. The lowest BCUT2D eigenvalue weighted by atomic mass is 9.63. The third-order valence-corrected chi connectivity index (χ3v) is 4.84. The maximum absolute atomic E-state index is 12.1. The molecule has 20 heavy (non-hydrogen) atoms. The van der Waals surface area contributed by atoms with E-state index >= 15 is 0 Å². The highest BCUT2D eigenvalue weighted by molar-refractivity contribution is 5.84. The van der Waals surface area contributed by atoms with E-state index < -0.39 is 5.60 Å². The average Bonchev–Trinajstić information content (AvgIpc) is 2.66. The zero-order valence-electron chi connectivity index (χ0n) is 13.1. The van der Waals surface area contributed by atoms with Gasteiger partial charge < -0.3 is 5.11 Å². The molecule has 110 valence electrons. The van der Waals surface area contributed by atoms with Crippen molar-refractivity contribution in [3.05, 3.63) is 11.6 Å². The molecule has 0 unspecified atom stereocenters. The molecule has 0 aromatic carbocycles. The van der Waals surface area contributed by atoms with Crippen LogP contribution in [-0.4, -0.2) is 16.5 Å². The molecule has 0 saturated heterocycles. The summed E-state index contributed by atoms with van der Waals surface area (Å²) < 4.78 is 0. The SMILES string of the molecule is C[C@H](CC#CC(C)(C)O)C1=CC[C@@H]2C(=O)CCC[C@@]12C. The Labute approximate surface area is 122 Å². The number of aliphatic hydroxyl groups is 1. The number of ketones is 1. The number of Topliss-reactive ketones (excluding diaryl/α,β-unsaturated/α-hetero) is 1. The van der Waals surface area contributed by atoms with Crippen LogP contribution in [0.15, 0.2) is 11.6 Å². The van der Waals surface area contributed by atoms with Crippen LogP contribution in [0, 0.1) is 29.1 Å². The van der Waals surface area contributed by atoms with Crippen molar-refractivity contribution < 1.29 is 9.90 Å². The molecule has 1 fully saturated rings. The lowest BCUT2D eigenvalue weighted by molar-refractivity contribution is -0.128. The Morgan fingerprint density at radius 3 is 2.90 bits per heavy atom. The molecule has 0 spiro atoms. The van der Waals surface area contributed by atoms with Gasteiger partial charge in [-0.15, -0.1) is 0 Å². The average molecular weight is 274 g/mol. The van der Waals surface area contributed by atoms with Crippen molar-refractivity contribution in [1.82, 2.24) is 0 Å². The third-order valence-electron chi connectivity index (χ3n) is 4.84. The van der Waals surface area contributed by atoms with Crippen LogP contribution in [-0.2, 0) is 4.79 Å². The summed E-state index contributed by atoms with van der Waals surface area (Å²) in [7, 11) is 0. The number of hydrogen-bond donors (Lipinski definition) is 1. The van der Waals surface area contributed by atoms with Gasteiger partial charge in [-0.2, -0.15) is 0 Å². The summed E-state index contributed by atoms with van der Waals surface area (Å²) in [6, 6.07) is 0. The van der Waals surface area contributed by atoms with E-state index in [4.69, 9.17) is 0 Å². The first-order valence-corrected chi connectivity index (χ1v) is 7.70. The largest absolute Gasteiger partial charge is 0.378 e. The summed E-state index contributed by atoms with van der Waals surface area (Å²) in [5.41, 5.74) is 0.558. The second-order valence-electron chi connectivity index (χ2n) is 7.15. The molecule has 3 atom stereocenters. The Balaban J connectivity index is 2.09. The molecule has 0 aromatic rings. The van der Waals surface area contributed by atoms with E-state index in [1.807, 2.05) is 0 Å². The number of hydrogen-bond acceptors (Lipinski definition) is 2. The number of allylic oxidation sites excluding steroid dienone is 2. The highest BCUT2D eigenvalue weighted by atomic mass is 16.3. The van der Waals surface area contributed by atoms with Gasteiger partial charge in [0.1, 0.15) is 11.4 Å². The maximum atomic E-state index is 12.1. The molecule has 0 heterocycles. The molecule has 1 saturated carbocycles. The minimum absolute atomic E-state index is 0.0607. The van der Waals surface area contributed by atoms with E-state index in [-0.39, 0.29) is 11.3 Å². The van der Waals surface area contributed by atoms with Gasteiger partial charge in [0.25, 0.3) is 0 Å². The van der Waals surface area contributed by atoms with Gasteiger partial charge in [-0.1, -0.05) is 37.3 Å². The van der Waals surface area contributed by atoms with E-state index in [1.54, 1.807) is 13.8 Å². The summed E-state index contributed by atoms with van der Waals surface area (Å²) in [4.78, 5) is 12.1. The molecular formula is C18H26O2. The van der Waals surface area contributed by atoms with Crippen LogP contribution in [0.25, 0.3) is 0 Å². The minimum Gasteiger partial charge on any atom is -0.378 e. The van der Waals surface area contributed by atoms with Crippen LogP contribution in [0.4, 0.5) is 0 Å². The van der Waals surface area contributed by atoms with Crippen LogP contribution in [0.1, 0.15) is 59.8 Å². The van der Waals surface area contributed by atoms with Gasteiger partial charge in [-0.05, 0) is 44.4 Å². The molecule has 2 aliphatic rings. The van der Waals surface area contributed by atoms with Crippen LogP contribution < -0.4 is 0 Å². The Bertz CT molecular complexity index is 484. The van der Waals surface area contributed by atoms with Crippen molar-refractivity contribution in [3.63, 3.8) is 0 Å². The number of fused-ring (bicyclic) bond motifs is 1. The smallest absolute Gasteiger partial charge is 0.137 e. The lowest BCUT2D eigenvalue weighted by Gasteiger charge is -2.39. The van der Waals surface area contributed by atoms with E-state index in [1.165, 1.54) is 5.57 Å². The second-order valence-corrected chi connectivity index (χ2v) is 7.15. The first-order chi connectivity index (χ1) is 9.24. The predicted octanol–water partition coefficient (Wildman–Crippen LogP) is 3.49. The first-order valence-electron chi connectivity index (χ1n) is 7.70. The van der Waals surface area contributed by atoms with Crippen LogP contribution in [0.3, 0.4) is 0 Å². The molecule has 0 amide bonds. The van der Waals surface area contributed by atoms with Crippen molar-refractivity contribution in [3.8, 4) is 11.8 Å². The molecule has 2 nitrogen and oxygen atoms in total. The van der Waals surface area contributed by atoms with Crippen LogP contribution in [0.5, 0.6) is 0 Å². The third kappa shape index (κ3) is 2.99. The molecule has 1 N–H and O–H groups in total. The van der Waals surface area contributed by atoms with Gasteiger partial charge in [0, 0.05) is 18.8 Å². The zero-order chi connectivity index (χ0) is 15.0. The van der Waals surface area contributed by atoms with Crippen molar-refractivity contribution in [2.45, 2.75) is 65.4 Å². The Kier molecular flexibility index (Phi) is 4.12. The fourth-order valence-electron chi connectivity index (χ4n) is 3.84. The highest BCUT2D eigenvalue weighted by Crippen LogP contribution is 2.53. The molecule has 2 rings (SSSR count). The van der Waals surface area contributed by atoms with Gasteiger partial charge in [0.15, 0.2) is 0 Å². The topological polar surface area (TPSA) is 37.3 Å². The molecule has 0 aromatic heterocycles. The normalized spacial score (nSPS) is 31.1. The summed E-state index contributed by atoms with van der Waals surface area (Å²) in [6.07, 6.45) is 6.85. The minimum atomic E-state index is -0.920. The van der Waals surface area contributed by atoms with Crippen LogP contribution >= 0.6 is 0 Å². The number of carbonyl (C=O) groups excluding carboxylic acids is 1. The monoisotopic (exact) mass is 274 g/mol. The van der Waals surface area contributed by atoms with Gasteiger partial charge in [-0.3, -0.25) is 4.79 Å². The summed E-state index contributed by atoms with van der Waals surface area (Å²) in [5.74, 6) is 7.00. The fourth-order valence-corrected chi connectivity index (χ4v) is 3.84. The Morgan fingerprint density at radius 1 is 1.55 bits per heavy atom. The van der Waals surface area contributed by atoms with Crippen molar-refractivity contribution >= 4 is 5.78 Å². The standard InChI is InChI=1S/C18H26O2/c1-13(7-5-11-17(2,3)20)14-9-10-15-16(19)8-6-12-18(14,15)4/h9,13,15,20H,6-8,10,12H2,1-4H3/t13-,15-,18+/m1/s1. The maximum Gasteiger partial charge on any atom is 0.137 e. The number of rotatable bonds is 2. The second kappa shape index (κ2) is 5.37.